The molecule has 0 atom stereocenters. The van der Waals surface area contributed by atoms with Crippen LogP contribution < -0.4 is 0 Å². The fourth-order valence-corrected chi connectivity index (χ4v) is 0.342. The van der Waals surface area contributed by atoms with E-state index in [9.17, 15) is 4.39 Å². The molecule has 1 aromatic rings. The van der Waals surface area contributed by atoms with Gasteiger partial charge >= 0.3 is 4.70 Å². The monoisotopic (exact) mass is 195 g/mol. The maximum absolute atomic E-state index is 11.8. The van der Waals surface area contributed by atoms with Gasteiger partial charge in [-0.25, -0.2) is 4.39 Å². The predicted molar refractivity (Wildman–Crippen MR) is 41.3 cm³/mol. The molecule has 0 radical (unpaired) electrons. The smallest absolute Gasteiger partial charge is 0.262 e. The van der Waals surface area contributed by atoms with Gasteiger partial charge in [-0.05, 0) is 35.3 Å². The van der Waals surface area contributed by atoms with Crippen molar-refractivity contribution in [3.05, 3.63) is 30.3 Å². The van der Waals surface area contributed by atoms with Crippen LogP contribution in [0.25, 0.3) is 0 Å². The number of halogens is 3. The number of nitrogens with zero attached hydrogens (tertiary/aromatic N) is 1. The van der Waals surface area contributed by atoms with E-state index in [4.69, 9.17) is 4.79 Å². The molecule has 0 unspecified atom stereocenters. The van der Waals surface area contributed by atoms with Gasteiger partial charge in [0.2, 0.25) is 0 Å². The minimum Gasteiger partial charge on any atom is -0.262 e. The van der Waals surface area contributed by atoms with Gasteiger partial charge < -0.3 is 0 Å². The Morgan fingerprint density at radius 2 is 2.09 bits per heavy atom. The lowest BCUT2D eigenvalue weighted by Gasteiger charge is -1.78. The quantitative estimate of drug-likeness (QED) is 0.597. The van der Waals surface area contributed by atoms with Crippen LogP contribution >= 0.6 is 23.2 Å². The van der Waals surface area contributed by atoms with Crippen molar-refractivity contribution in [2.45, 2.75) is 0 Å². The minimum absolute atomic E-state index is 0.289. The lowest BCUT2D eigenvalue weighted by atomic mass is 10.5. The Morgan fingerprint density at radius 1 is 1.55 bits per heavy atom. The van der Waals surface area contributed by atoms with E-state index in [1.807, 2.05) is 0 Å². The topological polar surface area (TPSA) is 30.0 Å². The van der Waals surface area contributed by atoms with Crippen molar-refractivity contribution < 1.29 is 9.18 Å². The molecule has 5 heteroatoms. The number of hydrogen-bond donors (Lipinski definition) is 0. The van der Waals surface area contributed by atoms with Gasteiger partial charge in [0.1, 0.15) is 5.82 Å². The molecular formula is C6H4Cl2FNO. The molecule has 0 aromatic carbocycles. The zero-order chi connectivity index (χ0) is 8.69. The average Bonchev–Trinajstić information content (AvgIpc) is 1.87. The van der Waals surface area contributed by atoms with Gasteiger partial charge in [0.15, 0.2) is 0 Å². The Morgan fingerprint density at radius 3 is 2.27 bits per heavy atom. The summed E-state index contributed by atoms with van der Waals surface area (Å²) in [6.07, 6.45) is 2.70. The third kappa shape index (κ3) is 9.33. The van der Waals surface area contributed by atoms with E-state index in [1.165, 1.54) is 18.5 Å². The lowest BCUT2D eigenvalue weighted by molar-refractivity contribution is 0.275. The van der Waals surface area contributed by atoms with Crippen molar-refractivity contribution in [2.75, 3.05) is 0 Å². The van der Waals surface area contributed by atoms with Gasteiger partial charge in [-0.1, -0.05) is 0 Å². The molecule has 0 spiro atoms. The standard InChI is InChI=1S/C5H4FN.CCl2O/c6-5-2-1-3-7-4-5;2-1(3)4/h1-4H;. The summed E-state index contributed by atoms with van der Waals surface area (Å²) in [4.78, 5) is 12.5. The van der Waals surface area contributed by atoms with Crippen LogP contribution in [0.2, 0.25) is 0 Å². The summed E-state index contributed by atoms with van der Waals surface area (Å²) in [6, 6.07) is 2.91. The molecule has 1 heterocycles. The van der Waals surface area contributed by atoms with E-state index in [0.717, 1.165) is 0 Å². The summed E-state index contributed by atoms with van der Waals surface area (Å²) in [6.45, 7) is 0. The number of hydrogen-bond acceptors (Lipinski definition) is 2. The van der Waals surface area contributed by atoms with Gasteiger partial charge in [-0.3, -0.25) is 9.78 Å². The molecule has 1 aromatic heterocycles. The van der Waals surface area contributed by atoms with Crippen molar-refractivity contribution in [3.8, 4) is 0 Å². The second-order valence-electron chi connectivity index (χ2n) is 1.40. The fraction of sp³-hybridized carbons (Fsp3) is 0. The van der Waals surface area contributed by atoms with Crippen molar-refractivity contribution in [3.63, 3.8) is 0 Å². The fourth-order valence-electron chi connectivity index (χ4n) is 0.342. The maximum Gasteiger partial charge on any atom is 0.313 e. The molecule has 0 amide bonds. The first-order valence-corrected chi connectivity index (χ1v) is 3.29. The van der Waals surface area contributed by atoms with E-state index in [-0.39, 0.29) is 5.82 Å². The van der Waals surface area contributed by atoms with Gasteiger partial charge in [-0.15, -0.1) is 0 Å². The molecule has 60 valence electrons. The predicted octanol–water partition coefficient (Wildman–Crippen LogP) is 2.80. The van der Waals surface area contributed by atoms with E-state index in [2.05, 4.69) is 28.2 Å². The molecule has 2 nitrogen and oxygen atoms in total. The highest BCUT2D eigenvalue weighted by atomic mass is 35.5. The Labute approximate surface area is 73.0 Å². The van der Waals surface area contributed by atoms with Crippen molar-refractivity contribution in [2.24, 2.45) is 0 Å². The summed E-state index contributed by atoms with van der Waals surface area (Å²) < 4.78 is 11.0. The van der Waals surface area contributed by atoms with Crippen LogP contribution in [0.5, 0.6) is 0 Å². The largest absolute Gasteiger partial charge is 0.313 e. The van der Waals surface area contributed by atoms with Gasteiger partial charge in [-0.2, -0.15) is 0 Å². The molecule has 0 saturated carbocycles. The lowest BCUT2D eigenvalue weighted by Crippen LogP contribution is -1.70. The summed E-state index contributed by atoms with van der Waals surface area (Å²) in [7, 11) is 0. The molecule has 0 fully saturated rings. The summed E-state index contributed by atoms with van der Waals surface area (Å²) in [5, 5.41) is 0. The van der Waals surface area contributed by atoms with Crippen LogP contribution in [0, 0.1) is 5.82 Å². The van der Waals surface area contributed by atoms with E-state index in [0.29, 0.717) is 0 Å². The minimum atomic E-state index is -0.889. The van der Waals surface area contributed by atoms with E-state index in [1.54, 1.807) is 6.07 Å². The highest BCUT2D eigenvalue weighted by molar-refractivity contribution is 6.93. The van der Waals surface area contributed by atoms with Crippen molar-refractivity contribution >= 4 is 27.9 Å². The molecule has 0 aliphatic heterocycles. The summed E-state index contributed by atoms with van der Waals surface area (Å²) >= 11 is 8.80. The van der Waals surface area contributed by atoms with Crippen LogP contribution in [0.1, 0.15) is 0 Å². The second-order valence-corrected chi connectivity index (χ2v) is 2.28. The molecule has 0 saturated heterocycles. The van der Waals surface area contributed by atoms with Crippen LogP contribution in [-0.4, -0.2) is 9.69 Å². The summed E-state index contributed by atoms with van der Waals surface area (Å²) in [5.74, 6) is -0.289. The van der Waals surface area contributed by atoms with Gasteiger partial charge in [0.05, 0.1) is 6.20 Å². The second kappa shape index (κ2) is 6.07. The summed E-state index contributed by atoms with van der Waals surface area (Å²) in [5.41, 5.74) is 0. The highest BCUT2D eigenvalue weighted by Crippen LogP contribution is 1.88. The number of rotatable bonds is 0. The molecule has 0 aliphatic rings. The van der Waals surface area contributed by atoms with Crippen LogP contribution in [-0.2, 0) is 0 Å². The SMILES string of the molecule is Fc1cccnc1.O=C(Cl)Cl. The molecule has 0 N–H and O–H groups in total. The number of pyridine rings is 1. The van der Waals surface area contributed by atoms with Crippen LogP contribution in [0.4, 0.5) is 9.18 Å². The molecule has 1 rings (SSSR count). The molecule has 0 bridgehead atoms. The average molecular weight is 196 g/mol. The first-order chi connectivity index (χ1) is 5.13. The number of carbonyl (C=O) groups is 1. The van der Waals surface area contributed by atoms with Crippen LogP contribution in [0.3, 0.4) is 0 Å². The Kier molecular flexibility index (Phi) is 5.70. The zero-order valence-corrected chi connectivity index (χ0v) is 6.81. The first kappa shape index (κ1) is 10.3. The van der Waals surface area contributed by atoms with Crippen molar-refractivity contribution in [1.29, 1.82) is 0 Å². The van der Waals surface area contributed by atoms with E-state index < -0.39 is 4.70 Å². The first-order valence-electron chi connectivity index (χ1n) is 2.53. The third-order valence-corrected chi connectivity index (χ3v) is 0.625. The normalized spacial score (nSPS) is 7.91. The Balaban J connectivity index is 0.000000218. The van der Waals surface area contributed by atoms with Crippen molar-refractivity contribution in [1.82, 2.24) is 4.98 Å². The number of carbonyl (C=O) groups excluding carboxylic acids is 1. The highest BCUT2D eigenvalue weighted by Gasteiger charge is 1.78. The Hall–Kier alpha value is -0.670. The molecule has 0 aliphatic carbocycles. The maximum atomic E-state index is 11.8. The Bertz CT molecular complexity index is 213. The van der Waals surface area contributed by atoms with Gasteiger partial charge in [0.25, 0.3) is 0 Å². The zero-order valence-electron chi connectivity index (χ0n) is 5.30. The van der Waals surface area contributed by atoms with Crippen LogP contribution in [0.15, 0.2) is 24.5 Å². The third-order valence-electron chi connectivity index (χ3n) is 0.625. The number of aromatic nitrogens is 1. The van der Waals surface area contributed by atoms with E-state index >= 15 is 0 Å². The molecule has 11 heavy (non-hydrogen) atoms. The van der Waals surface area contributed by atoms with Gasteiger partial charge in [0, 0.05) is 6.20 Å². The molecular weight excluding hydrogens is 192 g/mol.